The Morgan fingerprint density at radius 2 is 1.13 bits per heavy atom. The zero-order valence-electron chi connectivity index (χ0n) is 33.9. The van der Waals surface area contributed by atoms with E-state index >= 15 is 0 Å². The maximum atomic E-state index is 13.6. The van der Waals surface area contributed by atoms with Gasteiger partial charge in [-0.3, -0.25) is 9.59 Å². The molecule has 3 aliphatic rings. The lowest BCUT2D eigenvalue weighted by atomic mass is 9.75. The molecule has 5 atom stereocenters. The zero-order chi connectivity index (χ0) is 38.1. The molecule has 53 heavy (non-hydrogen) atoms. The third kappa shape index (κ3) is 19.2. The first-order valence-corrected chi connectivity index (χ1v) is 21.6. The van der Waals surface area contributed by atoms with Crippen molar-refractivity contribution in [3.63, 3.8) is 0 Å². The second-order valence-electron chi connectivity index (χ2n) is 16.3. The van der Waals surface area contributed by atoms with Crippen LogP contribution in [0, 0.1) is 41.4 Å². The molecule has 2 fully saturated rings. The van der Waals surface area contributed by atoms with Gasteiger partial charge >= 0.3 is 11.9 Å². The van der Waals surface area contributed by atoms with Crippen molar-refractivity contribution in [1.82, 2.24) is 0 Å². The molecule has 3 rings (SSSR count). The van der Waals surface area contributed by atoms with Crippen LogP contribution in [0.25, 0.3) is 0 Å². The number of hydrogen-bond donors (Lipinski definition) is 0. The van der Waals surface area contributed by atoms with Crippen molar-refractivity contribution in [1.29, 1.82) is 0 Å². The Morgan fingerprint density at radius 3 is 1.70 bits per heavy atom. The monoisotopic (exact) mass is 745 g/mol. The van der Waals surface area contributed by atoms with Gasteiger partial charge in [0, 0.05) is 6.42 Å². The minimum absolute atomic E-state index is 0.103. The van der Waals surface area contributed by atoms with Gasteiger partial charge in [-0.1, -0.05) is 83.6 Å². The van der Waals surface area contributed by atoms with Crippen molar-refractivity contribution in [3.05, 3.63) is 37.8 Å². The van der Waals surface area contributed by atoms with E-state index in [9.17, 15) is 9.59 Å². The van der Waals surface area contributed by atoms with Crippen molar-refractivity contribution in [2.45, 2.75) is 168 Å². The highest BCUT2D eigenvalue weighted by Gasteiger charge is 2.34. The molecule has 0 spiro atoms. The molecule has 0 amide bonds. The van der Waals surface area contributed by atoms with E-state index in [4.69, 9.17) is 28.4 Å². The van der Waals surface area contributed by atoms with Crippen molar-refractivity contribution in [2.24, 2.45) is 41.4 Å². The normalized spacial score (nSPS) is 27.0. The summed E-state index contributed by atoms with van der Waals surface area (Å²) in [7, 11) is 0. The average molecular weight is 745 g/mol. The molecular formula is C45H76O8. The number of allylic oxidation sites excluding steroid dienone is 2. The molecule has 304 valence electrons. The van der Waals surface area contributed by atoms with E-state index in [0.29, 0.717) is 49.2 Å². The van der Waals surface area contributed by atoms with E-state index in [-0.39, 0.29) is 23.8 Å². The third-order valence-corrected chi connectivity index (χ3v) is 11.9. The lowest BCUT2D eigenvalue weighted by Gasteiger charge is -2.32. The van der Waals surface area contributed by atoms with Crippen LogP contribution < -0.4 is 0 Å². The summed E-state index contributed by atoms with van der Waals surface area (Å²) in [4.78, 5) is 26.0. The molecule has 0 N–H and O–H groups in total. The summed E-state index contributed by atoms with van der Waals surface area (Å²) in [6, 6.07) is 0. The lowest BCUT2D eigenvalue weighted by Crippen LogP contribution is -2.33. The van der Waals surface area contributed by atoms with Gasteiger partial charge in [0.25, 0.3) is 0 Å². The molecule has 2 saturated carbocycles. The molecule has 3 aliphatic carbocycles. The van der Waals surface area contributed by atoms with E-state index in [1.807, 2.05) is 13.8 Å². The lowest BCUT2D eigenvalue weighted by molar-refractivity contribution is -0.184. The predicted molar refractivity (Wildman–Crippen MR) is 212 cm³/mol. The maximum Gasteiger partial charge on any atom is 0.311 e. The molecule has 0 radical (unpaired) electrons. The quantitative estimate of drug-likeness (QED) is 0.0257. The van der Waals surface area contributed by atoms with Gasteiger partial charge in [0.15, 0.2) is 12.6 Å². The van der Waals surface area contributed by atoms with Gasteiger partial charge in [-0.2, -0.15) is 0 Å². The SMILES string of the molecule is C=COCC1CCC(COC(C)OC(=O)CCCCCCCC2C=CC(CCCCCC)CC2C(=O)OC(C)OCC2CCC(COC=C)CC2)CC1. The fraction of sp³-hybridized carbons (Fsp3) is 0.822. The second kappa shape index (κ2) is 27.3. The molecule has 0 aromatic heterocycles. The summed E-state index contributed by atoms with van der Waals surface area (Å²) in [5.74, 6) is 2.46. The molecule has 0 aromatic rings. The largest absolute Gasteiger partial charge is 0.502 e. The first-order chi connectivity index (χ1) is 25.8. The van der Waals surface area contributed by atoms with Crippen molar-refractivity contribution in [2.75, 3.05) is 26.4 Å². The molecule has 8 nitrogen and oxygen atoms in total. The number of ether oxygens (including phenoxy) is 6. The summed E-state index contributed by atoms with van der Waals surface area (Å²) in [5, 5.41) is 0. The Hall–Kier alpha value is -2.32. The standard InChI is InChI=1S/C45H76O8/c1-6-9-10-14-17-37-28-29-42(43(30-37)45(47)53-36(5)51-34-41-26-22-39(23-27-41)32-49-8-3)18-15-12-11-13-16-19-44(46)52-35(4)50-33-40-24-20-38(21-25-40)31-48-7-2/h7-8,28-29,35-43H,2-3,6,9-27,30-34H2,1,4-5H3. The van der Waals surface area contributed by atoms with Crippen molar-refractivity contribution in [3.8, 4) is 0 Å². The fourth-order valence-electron chi connectivity index (χ4n) is 8.45. The van der Waals surface area contributed by atoms with Gasteiger partial charge in [0.1, 0.15) is 0 Å². The molecular weight excluding hydrogens is 668 g/mol. The van der Waals surface area contributed by atoms with Crippen LogP contribution in [-0.4, -0.2) is 50.9 Å². The minimum atomic E-state index is -0.534. The first kappa shape index (κ1) is 45.1. The van der Waals surface area contributed by atoms with Gasteiger partial charge < -0.3 is 28.4 Å². The van der Waals surface area contributed by atoms with Crippen LogP contribution in [-0.2, 0) is 38.0 Å². The van der Waals surface area contributed by atoms with Gasteiger partial charge in [-0.25, -0.2) is 0 Å². The van der Waals surface area contributed by atoms with E-state index < -0.39 is 12.6 Å². The first-order valence-electron chi connectivity index (χ1n) is 21.6. The van der Waals surface area contributed by atoms with Crippen LogP contribution >= 0.6 is 0 Å². The topological polar surface area (TPSA) is 89.5 Å². The summed E-state index contributed by atoms with van der Waals surface area (Å²) in [6.45, 7) is 16.0. The van der Waals surface area contributed by atoms with E-state index in [1.54, 1.807) is 0 Å². The van der Waals surface area contributed by atoms with Gasteiger partial charge in [-0.15, -0.1) is 0 Å². The highest BCUT2D eigenvalue weighted by molar-refractivity contribution is 5.73. The predicted octanol–water partition coefficient (Wildman–Crippen LogP) is 11.2. The number of unbranched alkanes of at least 4 members (excludes halogenated alkanes) is 7. The van der Waals surface area contributed by atoms with Crippen LogP contribution in [0.3, 0.4) is 0 Å². The van der Waals surface area contributed by atoms with E-state index in [1.165, 1.54) is 38.2 Å². The van der Waals surface area contributed by atoms with Crippen LogP contribution in [0.2, 0.25) is 0 Å². The molecule has 0 aromatic carbocycles. The number of rotatable bonds is 28. The second-order valence-corrected chi connectivity index (χ2v) is 16.3. The average Bonchev–Trinajstić information content (AvgIpc) is 3.17. The van der Waals surface area contributed by atoms with E-state index in [0.717, 1.165) is 116 Å². The fourth-order valence-corrected chi connectivity index (χ4v) is 8.45. The molecule has 0 saturated heterocycles. The molecule has 5 unspecified atom stereocenters. The summed E-state index contributed by atoms with van der Waals surface area (Å²) >= 11 is 0. The Kier molecular flexibility index (Phi) is 23.2. The van der Waals surface area contributed by atoms with Crippen LogP contribution in [0.1, 0.15) is 156 Å². The minimum Gasteiger partial charge on any atom is -0.502 e. The summed E-state index contributed by atoms with van der Waals surface area (Å²) < 4.78 is 34.2. The summed E-state index contributed by atoms with van der Waals surface area (Å²) in [6.07, 6.45) is 29.2. The van der Waals surface area contributed by atoms with Crippen LogP contribution in [0.15, 0.2) is 37.8 Å². The highest BCUT2D eigenvalue weighted by atomic mass is 16.7. The number of carbonyl (C=O) groups is 2. The molecule has 0 aliphatic heterocycles. The zero-order valence-corrected chi connectivity index (χ0v) is 33.9. The Balaban J connectivity index is 1.31. The van der Waals surface area contributed by atoms with Gasteiger partial charge in [0.05, 0.1) is 44.9 Å². The molecule has 8 heteroatoms. The smallest absolute Gasteiger partial charge is 0.311 e. The Labute approximate surface area is 323 Å². The Bertz CT molecular complexity index is 1030. The van der Waals surface area contributed by atoms with Crippen LogP contribution in [0.5, 0.6) is 0 Å². The third-order valence-electron chi connectivity index (χ3n) is 11.9. The maximum absolute atomic E-state index is 13.6. The number of esters is 2. The number of carbonyl (C=O) groups excluding carboxylic acids is 2. The van der Waals surface area contributed by atoms with Crippen molar-refractivity contribution >= 4 is 11.9 Å². The number of hydrogen-bond acceptors (Lipinski definition) is 8. The summed E-state index contributed by atoms with van der Waals surface area (Å²) in [5.41, 5.74) is 0. The van der Waals surface area contributed by atoms with Crippen molar-refractivity contribution < 1.29 is 38.0 Å². The van der Waals surface area contributed by atoms with Gasteiger partial charge in [-0.05, 0) is 126 Å². The van der Waals surface area contributed by atoms with E-state index in [2.05, 4.69) is 32.2 Å². The Morgan fingerprint density at radius 1 is 0.642 bits per heavy atom. The van der Waals surface area contributed by atoms with Crippen LogP contribution in [0.4, 0.5) is 0 Å². The molecule has 0 bridgehead atoms. The van der Waals surface area contributed by atoms with Gasteiger partial charge in [0.2, 0.25) is 0 Å². The molecule has 0 heterocycles. The highest BCUT2D eigenvalue weighted by Crippen LogP contribution is 2.36.